The van der Waals surface area contributed by atoms with Crippen molar-refractivity contribution in [2.75, 3.05) is 5.73 Å². The lowest BCUT2D eigenvalue weighted by molar-refractivity contribution is 0.112. The third-order valence-electron chi connectivity index (χ3n) is 2.02. The Morgan fingerprint density at radius 2 is 2.29 bits per heavy atom. The molecule has 3 nitrogen and oxygen atoms in total. The first-order valence-electron chi connectivity index (χ1n) is 3.94. The van der Waals surface area contributed by atoms with Crippen LogP contribution in [0.1, 0.15) is 15.9 Å². The van der Waals surface area contributed by atoms with Gasteiger partial charge in [0.05, 0.1) is 20.8 Å². The van der Waals surface area contributed by atoms with E-state index in [-0.39, 0.29) is 0 Å². The van der Waals surface area contributed by atoms with Gasteiger partial charge in [-0.05, 0) is 6.07 Å². The lowest BCUT2D eigenvalue weighted by Crippen LogP contribution is -1.85. The highest BCUT2D eigenvalue weighted by Gasteiger charge is 2.11. The number of aldehydes is 1. The molecule has 1 aromatic heterocycles. The van der Waals surface area contributed by atoms with Crippen molar-refractivity contribution in [1.29, 1.82) is 5.26 Å². The summed E-state index contributed by atoms with van der Waals surface area (Å²) in [4.78, 5) is 10.7. The predicted octanol–water partition coefficient (Wildman–Crippen LogP) is 2.17. The van der Waals surface area contributed by atoms with Crippen LogP contribution in [0.5, 0.6) is 0 Å². The smallest absolute Gasteiger partial charge is 0.153 e. The van der Waals surface area contributed by atoms with Crippen molar-refractivity contribution in [3.8, 4) is 6.07 Å². The Bertz CT molecular complexity index is 551. The van der Waals surface area contributed by atoms with Crippen LogP contribution in [0.4, 0.5) is 5.00 Å². The first-order chi connectivity index (χ1) is 6.77. The maximum absolute atomic E-state index is 10.7. The van der Waals surface area contributed by atoms with Gasteiger partial charge in [0.2, 0.25) is 0 Å². The molecule has 0 aliphatic heterocycles. The zero-order valence-electron chi connectivity index (χ0n) is 7.15. The summed E-state index contributed by atoms with van der Waals surface area (Å²) in [5.41, 5.74) is 6.72. The van der Waals surface area contributed by atoms with E-state index in [0.717, 1.165) is 16.4 Å². The minimum Gasteiger partial charge on any atom is -0.390 e. The molecule has 0 saturated heterocycles. The van der Waals surface area contributed by atoms with Crippen LogP contribution in [0.15, 0.2) is 18.2 Å². The van der Waals surface area contributed by atoms with E-state index in [2.05, 4.69) is 6.07 Å². The summed E-state index contributed by atoms with van der Waals surface area (Å²) < 4.78 is 0.787. The first-order valence-corrected chi connectivity index (χ1v) is 4.76. The monoisotopic (exact) mass is 202 g/mol. The second kappa shape index (κ2) is 3.13. The molecule has 0 aliphatic rings. The Labute approximate surface area is 84.4 Å². The maximum Gasteiger partial charge on any atom is 0.153 e. The first kappa shape index (κ1) is 8.73. The molecule has 0 aliphatic carbocycles. The van der Waals surface area contributed by atoms with E-state index < -0.39 is 0 Å². The fourth-order valence-electron chi connectivity index (χ4n) is 1.37. The van der Waals surface area contributed by atoms with Gasteiger partial charge < -0.3 is 5.73 Å². The molecule has 2 aromatic rings. The molecule has 0 unspecified atom stereocenters. The summed E-state index contributed by atoms with van der Waals surface area (Å²) >= 11 is 1.28. The maximum atomic E-state index is 10.7. The van der Waals surface area contributed by atoms with E-state index in [4.69, 9.17) is 11.0 Å². The van der Waals surface area contributed by atoms with Crippen LogP contribution < -0.4 is 5.73 Å². The Balaban J connectivity index is 2.94. The average Bonchev–Trinajstić information content (AvgIpc) is 2.52. The SMILES string of the molecule is N#Cc1cccc2c(C=O)c(N)sc12. The molecule has 0 spiro atoms. The molecule has 4 heteroatoms. The molecule has 1 heterocycles. The number of carbonyl (C=O) groups is 1. The minimum absolute atomic E-state index is 0.470. The Kier molecular flexibility index (Phi) is 1.95. The summed E-state index contributed by atoms with van der Waals surface area (Å²) in [5, 5.41) is 10.1. The number of hydrogen-bond acceptors (Lipinski definition) is 4. The molecule has 0 radical (unpaired) electrons. The number of nitrogen functional groups attached to an aromatic ring is 1. The molecule has 0 fully saturated rings. The van der Waals surface area contributed by atoms with Gasteiger partial charge in [0, 0.05) is 5.39 Å². The number of hydrogen-bond donors (Lipinski definition) is 1. The van der Waals surface area contributed by atoms with Gasteiger partial charge in [0.1, 0.15) is 6.07 Å². The molecule has 2 N–H and O–H groups in total. The number of nitriles is 1. The highest BCUT2D eigenvalue weighted by Crippen LogP contribution is 2.34. The van der Waals surface area contributed by atoms with E-state index in [0.29, 0.717) is 16.1 Å². The molecule has 0 saturated carbocycles. The van der Waals surface area contributed by atoms with Crippen molar-refractivity contribution in [3.05, 3.63) is 29.3 Å². The van der Waals surface area contributed by atoms with Crippen LogP contribution in [0, 0.1) is 11.3 Å². The molecule has 14 heavy (non-hydrogen) atoms. The van der Waals surface area contributed by atoms with Crippen LogP contribution in [0.2, 0.25) is 0 Å². The fraction of sp³-hybridized carbons (Fsp3) is 0. The largest absolute Gasteiger partial charge is 0.390 e. The van der Waals surface area contributed by atoms with Crippen LogP contribution in [0.25, 0.3) is 10.1 Å². The molecule has 2 rings (SSSR count). The summed E-state index contributed by atoms with van der Waals surface area (Å²) in [6.07, 6.45) is 0.731. The molecular formula is C10H6N2OS. The van der Waals surface area contributed by atoms with E-state index in [9.17, 15) is 4.79 Å². The number of benzene rings is 1. The number of nitrogens with zero attached hydrogens (tertiary/aromatic N) is 1. The standard InChI is InChI=1S/C10H6N2OS/c11-4-6-2-1-3-7-8(5-13)10(12)14-9(6)7/h1-3,5H,12H2. The molecule has 68 valence electrons. The van der Waals surface area contributed by atoms with Crippen LogP contribution in [-0.4, -0.2) is 6.29 Å². The average molecular weight is 202 g/mol. The van der Waals surface area contributed by atoms with Gasteiger partial charge in [-0.1, -0.05) is 12.1 Å². The van der Waals surface area contributed by atoms with E-state index in [1.54, 1.807) is 18.2 Å². The van der Waals surface area contributed by atoms with Gasteiger partial charge in [-0.15, -0.1) is 11.3 Å². The number of nitrogens with two attached hydrogens (primary N) is 1. The summed E-state index contributed by atoms with van der Waals surface area (Å²) in [7, 11) is 0. The topological polar surface area (TPSA) is 66.9 Å². The molecule has 0 bridgehead atoms. The van der Waals surface area contributed by atoms with Crippen molar-refractivity contribution in [1.82, 2.24) is 0 Å². The van der Waals surface area contributed by atoms with Crippen molar-refractivity contribution >= 4 is 32.7 Å². The highest BCUT2D eigenvalue weighted by atomic mass is 32.1. The summed E-state index contributed by atoms with van der Waals surface area (Å²) in [5.74, 6) is 0. The molecule has 1 aromatic carbocycles. The van der Waals surface area contributed by atoms with Gasteiger partial charge in [0.15, 0.2) is 6.29 Å². The molecule has 0 amide bonds. The number of thiophene rings is 1. The third kappa shape index (κ3) is 1.07. The van der Waals surface area contributed by atoms with Crippen molar-refractivity contribution in [2.45, 2.75) is 0 Å². The van der Waals surface area contributed by atoms with E-state index >= 15 is 0 Å². The van der Waals surface area contributed by atoms with Crippen molar-refractivity contribution in [3.63, 3.8) is 0 Å². The second-order valence-corrected chi connectivity index (χ2v) is 3.84. The highest BCUT2D eigenvalue weighted by molar-refractivity contribution is 7.23. The van der Waals surface area contributed by atoms with Crippen LogP contribution in [-0.2, 0) is 0 Å². The Morgan fingerprint density at radius 1 is 1.50 bits per heavy atom. The fourth-order valence-corrected chi connectivity index (χ4v) is 2.37. The lowest BCUT2D eigenvalue weighted by atomic mass is 10.1. The van der Waals surface area contributed by atoms with Crippen molar-refractivity contribution < 1.29 is 4.79 Å². The normalized spacial score (nSPS) is 9.93. The van der Waals surface area contributed by atoms with E-state index in [1.165, 1.54) is 11.3 Å². The number of fused-ring (bicyclic) bond motifs is 1. The van der Waals surface area contributed by atoms with E-state index in [1.807, 2.05) is 0 Å². The third-order valence-corrected chi connectivity index (χ3v) is 3.10. The summed E-state index contributed by atoms with van der Waals surface area (Å²) in [6.45, 7) is 0. The van der Waals surface area contributed by atoms with Crippen LogP contribution in [0.3, 0.4) is 0 Å². The van der Waals surface area contributed by atoms with Gasteiger partial charge >= 0.3 is 0 Å². The second-order valence-electron chi connectivity index (χ2n) is 2.79. The number of rotatable bonds is 1. The molecular weight excluding hydrogens is 196 g/mol. The van der Waals surface area contributed by atoms with Crippen molar-refractivity contribution in [2.24, 2.45) is 0 Å². The van der Waals surface area contributed by atoms with Gasteiger partial charge in [-0.25, -0.2) is 0 Å². The van der Waals surface area contributed by atoms with Gasteiger partial charge in [-0.3, -0.25) is 4.79 Å². The number of carbonyl (C=O) groups excluding carboxylic acids is 1. The Hall–Kier alpha value is -1.86. The quantitative estimate of drug-likeness (QED) is 0.720. The Morgan fingerprint density at radius 3 is 2.93 bits per heavy atom. The van der Waals surface area contributed by atoms with Gasteiger partial charge in [-0.2, -0.15) is 5.26 Å². The minimum atomic E-state index is 0.470. The lowest BCUT2D eigenvalue weighted by Gasteiger charge is -1.91. The summed E-state index contributed by atoms with van der Waals surface area (Å²) in [6, 6.07) is 7.34. The van der Waals surface area contributed by atoms with Gasteiger partial charge in [0.25, 0.3) is 0 Å². The predicted molar refractivity (Wildman–Crippen MR) is 56.3 cm³/mol. The zero-order valence-corrected chi connectivity index (χ0v) is 7.97. The van der Waals surface area contributed by atoms with Crippen LogP contribution >= 0.6 is 11.3 Å². The number of anilines is 1. The molecule has 0 atom stereocenters. The zero-order chi connectivity index (χ0) is 10.1.